The van der Waals surface area contributed by atoms with E-state index in [0.717, 1.165) is 16.9 Å². The zero-order chi connectivity index (χ0) is 14.2. The zero-order valence-electron chi connectivity index (χ0n) is 11.0. The Hall–Kier alpha value is -2.11. The van der Waals surface area contributed by atoms with Crippen LogP contribution in [0.4, 0.5) is 0 Å². The molecule has 1 N–H and O–H groups in total. The number of hydrogen-bond acceptors (Lipinski definition) is 2. The van der Waals surface area contributed by atoms with Gasteiger partial charge in [-0.1, -0.05) is 36.1 Å². The smallest absolute Gasteiger partial charge is 0.135 e. The Balaban J connectivity index is 2.06. The SMILES string of the molecule is Oc1ccc(COc2ccccc2C#CCCCl)cc1. The second-order valence-corrected chi connectivity index (χ2v) is 4.57. The fourth-order valence-electron chi connectivity index (χ4n) is 1.65. The molecule has 20 heavy (non-hydrogen) atoms. The van der Waals surface area contributed by atoms with Gasteiger partial charge in [-0.15, -0.1) is 11.6 Å². The van der Waals surface area contributed by atoms with Crippen LogP contribution < -0.4 is 4.74 Å². The molecule has 0 saturated heterocycles. The van der Waals surface area contributed by atoms with Crippen molar-refractivity contribution in [3.05, 3.63) is 59.7 Å². The molecule has 2 rings (SSSR count). The van der Waals surface area contributed by atoms with Crippen molar-refractivity contribution in [2.45, 2.75) is 13.0 Å². The summed E-state index contributed by atoms with van der Waals surface area (Å²) in [5, 5.41) is 9.24. The second-order valence-electron chi connectivity index (χ2n) is 4.19. The highest BCUT2D eigenvalue weighted by Gasteiger charge is 2.01. The summed E-state index contributed by atoms with van der Waals surface area (Å²) < 4.78 is 5.78. The maximum absolute atomic E-state index is 9.24. The highest BCUT2D eigenvalue weighted by molar-refractivity contribution is 6.18. The molecule has 0 heterocycles. The molecule has 0 aliphatic heterocycles. The van der Waals surface area contributed by atoms with Crippen molar-refractivity contribution in [1.29, 1.82) is 0 Å². The van der Waals surface area contributed by atoms with Gasteiger partial charge in [0.1, 0.15) is 18.1 Å². The topological polar surface area (TPSA) is 29.5 Å². The van der Waals surface area contributed by atoms with Crippen LogP contribution in [-0.4, -0.2) is 11.0 Å². The third kappa shape index (κ3) is 4.22. The number of halogens is 1. The number of benzene rings is 2. The van der Waals surface area contributed by atoms with Crippen LogP contribution in [0.2, 0.25) is 0 Å². The molecular weight excluding hydrogens is 272 g/mol. The molecule has 2 aromatic carbocycles. The molecule has 0 bridgehead atoms. The number of ether oxygens (including phenoxy) is 1. The molecule has 2 aromatic rings. The van der Waals surface area contributed by atoms with E-state index in [1.807, 2.05) is 36.4 Å². The van der Waals surface area contributed by atoms with Crippen molar-refractivity contribution in [3.8, 4) is 23.3 Å². The third-order valence-electron chi connectivity index (χ3n) is 2.66. The van der Waals surface area contributed by atoms with Gasteiger partial charge in [0, 0.05) is 12.3 Å². The lowest BCUT2D eigenvalue weighted by Crippen LogP contribution is -1.96. The van der Waals surface area contributed by atoms with Crippen LogP contribution in [-0.2, 0) is 6.61 Å². The van der Waals surface area contributed by atoms with Crippen LogP contribution in [0, 0.1) is 11.8 Å². The Bertz CT molecular complexity index is 609. The van der Waals surface area contributed by atoms with E-state index in [1.54, 1.807) is 12.1 Å². The van der Waals surface area contributed by atoms with E-state index in [-0.39, 0.29) is 5.75 Å². The van der Waals surface area contributed by atoms with E-state index >= 15 is 0 Å². The fraction of sp³-hybridized carbons (Fsp3) is 0.176. The van der Waals surface area contributed by atoms with Gasteiger partial charge in [0.25, 0.3) is 0 Å². The van der Waals surface area contributed by atoms with Gasteiger partial charge < -0.3 is 9.84 Å². The number of rotatable bonds is 4. The van der Waals surface area contributed by atoms with Crippen molar-refractivity contribution in [1.82, 2.24) is 0 Å². The maximum Gasteiger partial charge on any atom is 0.135 e. The van der Waals surface area contributed by atoms with Crippen LogP contribution in [0.15, 0.2) is 48.5 Å². The average molecular weight is 287 g/mol. The van der Waals surface area contributed by atoms with Gasteiger partial charge in [0.2, 0.25) is 0 Å². The van der Waals surface area contributed by atoms with Gasteiger partial charge in [-0.25, -0.2) is 0 Å². The maximum atomic E-state index is 9.24. The summed E-state index contributed by atoms with van der Waals surface area (Å²) in [6, 6.07) is 14.6. The number of phenolic OH excluding ortho intramolecular Hbond substituents is 1. The van der Waals surface area contributed by atoms with Crippen LogP contribution in [0.5, 0.6) is 11.5 Å². The third-order valence-corrected chi connectivity index (χ3v) is 2.85. The first-order valence-corrected chi connectivity index (χ1v) is 6.87. The zero-order valence-corrected chi connectivity index (χ0v) is 11.7. The van der Waals surface area contributed by atoms with Crippen molar-refractivity contribution in [2.24, 2.45) is 0 Å². The standard InChI is InChI=1S/C17H15ClO2/c18-12-4-3-6-15-5-1-2-7-17(15)20-13-14-8-10-16(19)11-9-14/h1-2,5,7-11,19H,4,12-13H2. The summed E-state index contributed by atoms with van der Waals surface area (Å²) in [4.78, 5) is 0. The molecule has 0 fully saturated rings. The van der Waals surface area contributed by atoms with Gasteiger partial charge in [0.15, 0.2) is 0 Å². The van der Waals surface area contributed by atoms with Crippen molar-refractivity contribution in [2.75, 3.05) is 5.88 Å². The summed E-state index contributed by atoms with van der Waals surface area (Å²) >= 11 is 5.61. The van der Waals surface area contributed by atoms with Crippen LogP contribution in [0.1, 0.15) is 17.5 Å². The second kappa shape index (κ2) is 7.47. The van der Waals surface area contributed by atoms with Gasteiger partial charge >= 0.3 is 0 Å². The first-order valence-electron chi connectivity index (χ1n) is 6.34. The van der Waals surface area contributed by atoms with E-state index in [1.165, 1.54) is 0 Å². The van der Waals surface area contributed by atoms with Crippen LogP contribution in [0.3, 0.4) is 0 Å². The minimum absolute atomic E-state index is 0.251. The van der Waals surface area contributed by atoms with E-state index in [4.69, 9.17) is 16.3 Å². The van der Waals surface area contributed by atoms with Crippen molar-refractivity contribution >= 4 is 11.6 Å². The quantitative estimate of drug-likeness (QED) is 0.681. The summed E-state index contributed by atoms with van der Waals surface area (Å²) in [5.41, 5.74) is 1.85. The van der Waals surface area contributed by atoms with E-state index in [9.17, 15) is 5.11 Å². The van der Waals surface area contributed by atoms with Gasteiger partial charge in [-0.05, 0) is 29.8 Å². The number of alkyl halides is 1. The largest absolute Gasteiger partial charge is 0.508 e. The Morgan fingerprint density at radius 1 is 1.05 bits per heavy atom. The van der Waals surface area contributed by atoms with Gasteiger partial charge in [-0.3, -0.25) is 0 Å². The predicted molar refractivity (Wildman–Crippen MR) is 81.1 cm³/mol. The molecule has 0 aliphatic carbocycles. The fourth-order valence-corrected chi connectivity index (χ4v) is 1.75. The molecule has 0 unspecified atom stereocenters. The highest BCUT2D eigenvalue weighted by Crippen LogP contribution is 2.19. The van der Waals surface area contributed by atoms with Crippen molar-refractivity contribution < 1.29 is 9.84 Å². The highest BCUT2D eigenvalue weighted by atomic mass is 35.5. The first-order chi connectivity index (χ1) is 9.79. The summed E-state index contributed by atoms with van der Waals surface area (Å²) in [7, 11) is 0. The lowest BCUT2D eigenvalue weighted by atomic mass is 10.2. The summed E-state index contributed by atoms with van der Waals surface area (Å²) in [5.74, 6) is 7.60. The molecule has 0 saturated carbocycles. The molecule has 0 aromatic heterocycles. The molecule has 2 nitrogen and oxygen atoms in total. The molecule has 0 spiro atoms. The number of hydrogen-bond donors (Lipinski definition) is 1. The Labute approximate surface area is 124 Å². The normalized spacial score (nSPS) is 9.65. The van der Waals surface area contributed by atoms with Crippen LogP contribution in [0.25, 0.3) is 0 Å². The summed E-state index contributed by atoms with van der Waals surface area (Å²) in [6.07, 6.45) is 0.661. The molecule has 3 heteroatoms. The van der Waals surface area contributed by atoms with Gasteiger partial charge in [-0.2, -0.15) is 0 Å². The number of para-hydroxylation sites is 1. The minimum Gasteiger partial charge on any atom is -0.508 e. The molecular formula is C17H15ClO2. The number of aromatic hydroxyl groups is 1. The molecule has 0 amide bonds. The summed E-state index contributed by atoms with van der Waals surface area (Å²) in [6.45, 7) is 0.439. The van der Waals surface area contributed by atoms with Gasteiger partial charge in [0.05, 0.1) is 5.56 Å². The van der Waals surface area contributed by atoms with E-state index in [0.29, 0.717) is 18.9 Å². The Kier molecular flexibility index (Phi) is 5.34. The monoisotopic (exact) mass is 286 g/mol. The molecule has 102 valence electrons. The van der Waals surface area contributed by atoms with Crippen LogP contribution >= 0.6 is 11.6 Å². The average Bonchev–Trinajstić information content (AvgIpc) is 2.48. The Morgan fingerprint density at radius 3 is 2.55 bits per heavy atom. The van der Waals surface area contributed by atoms with E-state index in [2.05, 4.69) is 11.8 Å². The lowest BCUT2D eigenvalue weighted by Gasteiger charge is -2.08. The molecule has 0 aliphatic rings. The minimum atomic E-state index is 0.251. The Morgan fingerprint density at radius 2 is 1.80 bits per heavy atom. The lowest BCUT2D eigenvalue weighted by molar-refractivity contribution is 0.305. The predicted octanol–water partition coefficient (Wildman–Crippen LogP) is 3.95. The van der Waals surface area contributed by atoms with E-state index < -0.39 is 0 Å². The van der Waals surface area contributed by atoms with Crippen molar-refractivity contribution in [3.63, 3.8) is 0 Å². The first kappa shape index (κ1) is 14.3. The molecule has 0 radical (unpaired) electrons. The molecule has 0 atom stereocenters. The number of phenols is 1.